The minimum atomic E-state index is -0.0559. The molecule has 0 amide bonds. The Labute approximate surface area is 105 Å². The molecule has 90 valence electrons. The molecule has 1 aromatic carbocycles. The van der Waals surface area contributed by atoms with Crippen LogP contribution < -0.4 is 0 Å². The van der Waals surface area contributed by atoms with Gasteiger partial charge in [-0.15, -0.1) is 10.2 Å². The van der Waals surface area contributed by atoms with Crippen LogP contribution in [0, 0.1) is 6.92 Å². The number of hydrogen-bond acceptors (Lipinski definition) is 4. The van der Waals surface area contributed by atoms with E-state index in [1.165, 1.54) is 11.3 Å². The first kappa shape index (κ1) is 12.0. The van der Waals surface area contributed by atoms with Crippen molar-refractivity contribution in [3.05, 3.63) is 28.8 Å². The molecule has 0 aliphatic heterocycles. The summed E-state index contributed by atoms with van der Waals surface area (Å²) in [5.41, 5.74) is 1.81. The summed E-state index contributed by atoms with van der Waals surface area (Å²) in [6.45, 7) is 8.16. The van der Waals surface area contributed by atoms with E-state index < -0.39 is 0 Å². The fourth-order valence-electron chi connectivity index (χ4n) is 1.71. The van der Waals surface area contributed by atoms with Gasteiger partial charge in [-0.05, 0) is 24.0 Å². The van der Waals surface area contributed by atoms with Gasteiger partial charge in [0.25, 0.3) is 0 Å². The molecular formula is C13H16N2OS. The minimum Gasteiger partial charge on any atom is -0.508 e. The molecule has 4 heteroatoms. The van der Waals surface area contributed by atoms with Crippen molar-refractivity contribution in [1.29, 1.82) is 0 Å². The highest BCUT2D eigenvalue weighted by Gasteiger charge is 2.18. The number of aryl methyl sites for hydroxylation is 1. The van der Waals surface area contributed by atoms with Crippen molar-refractivity contribution in [2.45, 2.75) is 33.1 Å². The molecular weight excluding hydrogens is 232 g/mol. The summed E-state index contributed by atoms with van der Waals surface area (Å²) in [7, 11) is 0. The number of rotatable bonds is 1. The average Bonchev–Trinajstić information content (AvgIpc) is 2.62. The lowest BCUT2D eigenvalue weighted by molar-refractivity contribution is 0.447. The molecule has 0 fully saturated rings. The summed E-state index contributed by atoms with van der Waals surface area (Å²) in [6, 6.07) is 5.71. The fraction of sp³-hybridized carbons (Fsp3) is 0.385. The van der Waals surface area contributed by atoms with E-state index in [2.05, 4.69) is 31.0 Å². The molecule has 1 N–H and O–H groups in total. The van der Waals surface area contributed by atoms with Crippen LogP contribution in [0.15, 0.2) is 18.2 Å². The van der Waals surface area contributed by atoms with Crippen LogP contribution >= 0.6 is 11.3 Å². The molecule has 17 heavy (non-hydrogen) atoms. The lowest BCUT2D eigenvalue weighted by Crippen LogP contribution is -2.11. The molecule has 1 aromatic heterocycles. The van der Waals surface area contributed by atoms with Gasteiger partial charge in [-0.25, -0.2) is 0 Å². The maximum Gasteiger partial charge on any atom is 0.147 e. The third-order valence-electron chi connectivity index (χ3n) is 2.58. The Bertz CT molecular complexity index is 541. The molecule has 1 heterocycles. The van der Waals surface area contributed by atoms with Crippen molar-refractivity contribution >= 4 is 11.3 Å². The summed E-state index contributed by atoms with van der Waals surface area (Å²) < 4.78 is 0. The van der Waals surface area contributed by atoms with E-state index in [-0.39, 0.29) is 5.41 Å². The lowest BCUT2D eigenvalue weighted by atomic mass is 9.86. The van der Waals surface area contributed by atoms with Gasteiger partial charge in [0, 0.05) is 5.56 Å². The molecule has 0 radical (unpaired) electrons. The number of benzene rings is 1. The summed E-state index contributed by atoms with van der Waals surface area (Å²) in [5.74, 6) is 0.322. The van der Waals surface area contributed by atoms with Crippen LogP contribution in [-0.2, 0) is 5.41 Å². The van der Waals surface area contributed by atoms with Crippen molar-refractivity contribution in [2.75, 3.05) is 0 Å². The highest BCUT2D eigenvalue weighted by Crippen LogP contribution is 2.34. The van der Waals surface area contributed by atoms with Gasteiger partial charge in [0.15, 0.2) is 0 Å². The molecule has 2 rings (SSSR count). The summed E-state index contributed by atoms with van der Waals surface area (Å²) in [4.78, 5) is 0. The number of aromatic hydroxyl groups is 1. The van der Waals surface area contributed by atoms with Crippen molar-refractivity contribution in [2.24, 2.45) is 0 Å². The summed E-state index contributed by atoms with van der Waals surface area (Å²) in [6.07, 6.45) is 0. The van der Waals surface area contributed by atoms with E-state index in [1.54, 1.807) is 6.07 Å². The average molecular weight is 248 g/mol. The molecule has 0 saturated carbocycles. The second-order valence-corrected chi connectivity index (χ2v) is 6.29. The highest BCUT2D eigenvalue weighted by atomic mass is 32.1. The van der Waals surface area contributed by atoms with Crippen LogP contribution in [0.1, 0.15) is 31.3 Å². The number of phenolic OH excluding ortho intramolecular Hbond substituents is 1. The van der Waals surface area contributed by atoms with Gasteiger partial charge in [0.1, 0.15) is 15.8 Å². The van der Waals surface area contributed by atoms with E-state index in [0.29, 0.717) is 5.75 Å². The van der Waals surface area contributed by atoms with Crippen molar-refractivity contribution in [1.82, 2.24) is 10.2 Å². The van der Waals surface area contributed by atoms with Crippen LogP contribution in [0.3, 0.4) is 0 Å². The smallest absolute Gasteiger partial charge is 0.147 e. The fourth-order valence-corrected chi connectivity index (χ4v) is 2.40. The summed E-state index contributed by atoms with van der Waals surface area (Å²) >= 11 is 1.53. The Kier molecular flexibility index (Phi) is 2.91. The van der Waals surface area contributed by atoms with Gasteiger partial charge >= 0.3 is 0 Å². The molecule has 0 bridgehead atoms. The van der Waals surface area contributed by atoms with Crippen molar-refractivity contribution < 1.29 is 5.11 Å². The van der Waals surface area contributed by atoms with E-state index in [4.69, 9.17) is 0 Å². The largest absolute Gasteiger partial charge is 0.508 e. The van der Waals surface area contributed by atoms with Crippen LogP contribution in [0.2, 0.25) is 0 Å². The van der Waals surface area contributed by atoms with Gasteiger partial charge in [-0.2, -0.15) is 0 Å². The topological polar surface area (TPSA) is 46.0 Å². The quantitative estimate of drug-likeness (QED) is 0.840. The van der Waals surface area contributed by atoms with Gasteiger partial charge < -0.3 is 5.11 Å². The first-order chi connectivity index (χ1) is 7.88. The van der Waals surface area contributed by atoms with Crippen molar-refractivity contribution in [3.8, 4) is 16.3 Å². The maximum absolute atomic E-state index is 10.1. The zero-order valence-corrected chi connectivity index (χ0v) is 11.3. The van der Waals surface area contributed by atoms with E-state index >= 15 is 0 Å². The van der Waals surface area contributed by atoms with Gasteiger partial charge in [0.05, 0.1) is 0 Å². The van der Waals surface area contributed by atoms with Gasteiger partial charge in [0.2, 0.25) is 0 Å². The minimum absolute atomic E-state index is 0.0559. The zero-order chi connectivity index (χ0) is 12.6. The standard InChI is InChI=1S/C13H16N2OS/c1-8-14-15-12(17-8)9-5-6-10(11(16)7-9)13(2,3)4/h5-7,16H,1-4H3. The molecule has 0 aliphatic rings. The van der Waals surface area contributed by atoms with Crippen LogP contribution in [0.4, 0.5) is 0 Å². The third-order valence-corrected chi connectivity index (χ3v) is 3.47. The zero-order valence-electron chi connectivity index (χ0n) is 10.5. The maximum atomic E-state index is 10.1. The normalized spacial score (nSPS) is 11.8. The van der Waals surface area contributed by atoms with Crippen LogP contribution in [0.25, 0.3) is 10.6 Å². The Morgan fingerprint density at radius 1 is 1.18 bits per heavy atom. The predicted molar refractivity (Wildman–Crippen MR) is 70.4 cm³/mol. The van der Waals surface area contributed by atoms with E-state index in [0.717, 1.165) is 21.1 Å². The lowest BCUT2D eigenvalue weighted by Gasteiger charge is -2.20. The number of nitrogens with zero attached hydrogens (tertiary/aromatic N) is 2. The highest BCUT2D eigenvalue weighted by molar-refractivity contribution is 7.14. The number of phenols is 1. The SMILES string of the molecule is Cc1nnc(-c2ccc(C(C)(C)C)c(O)c2)s1. The Balaban J connectivity index is 2.44. The first-order valence-corrected chi connectivity index (χ1v) is 6.33. The third kappa shape index (κ3) is 2.47. The Morgan fingerprint density at radius 3 is 2.35 bits per heavy atom. The molecule has 3 nitrogen and oxygen atoms in total. The Morgan fingerprint density at radius 2 is 1.88 bits per heavy atom. The molecule has 0 unspecified atom stereocenters. The van der Waals surface area contributed by atoms with Crippen LogP contribution in [-0.4, -0.2) is 15.3 Å². The molecule has 2 aromatic rings. The Hall–Kier alpha value is -1.42. The first-order valence-electron chi connectivity index (χ1n) is 5.52. The van der Waals surface area contributed by atoms with Gasteiger partial charge in [-0.3, -0.25) is 0 Å². The molecule has 0 aliphatic carbocycles. The second kappa shape index (κ2) is 4.11. The molecule has 0 saturated heterocycles. The number of aromatic nitrogens is 2. The number of hydrogen-bond donors (Lipinski definition) is 1. The van der Waals surface area contributed by atoms with Gasteiger partial charge in [-0.1, -0.05) is 44.2 Å². The van der Waals surface area contributed by atoms with E-state index in [1.807, 2.05) is 19.1 Å². The van der Waals surface area contributed by atoms with Crippen LogP contribution in [0.5, 0.6) is 5.75 Å². The molecule has 0 spiro atoms. The van der Waals surface area contributed by atoms with Crippen molar-refractivity contribution in [3.63, 3.8) is 0 Å². The summed E-state index contributed by atoms with van der Waals surface area (Å²) in [5, 5.41) is 19.9. The predicted octanol–water partition coefficient (Wildman–Crippen LogP) is 3.52. The van der Waals surface area contributed by atoms with E-state index in [9.17, 15) is 5.11 Å². The second-order valence-electron chi connectivity index (χ2n) is 5.11. The monoisotopic (exact) mass is 248 g/mol. The molecule has 0 atom stereocenters.